The first-order chi connectivity index (χ1) is 15.1. The van der Waals surface area contributed by atoms with Gasteiger partial charge in [-0.3, -0.25) is 4.79 Å². The molecule has 0 atom stereocenters. The van der Waals surface area contributed by atoms with Crippen molar-refractivity contribution in [3.8, 4) is 5.69 Å². The van der Waals surface area contributed by atoms with Crippen molar-refractivity contribution in [3.05, 3.63) is 88.2 Å². The van der Waals surface area contributed by atoms with E-state index in [9.17, 15) is 35.9 Å². The number of rotatable bonds is 3. The summed E-state index contributed by atoms with van der Waals surface area (Å²) in [6.45, 7) is 3.07. The van der Waals surface area contributed by atoms with E-state index >= 15 is 0 Å². The fourth-order valence-corrected chi connectivity index (χ4v) is 3.11. The summed E-state index contributed by atoms with van der Waals surface area (Å²) >= 11 is 0. The van der Waals surface area contributed by atoms with Crippen molar-refractivity contribution in [2.24, 2.45) is 5.73 Å². The molecule has 33 heavy (non-hydrogen) atoms. The Morgan fingerprint density at radius 1 is 0.879 bits per heavy atom. The average molecular weight is 472 g/mol. The quantitative estimate of drug-likeness (QED) is 0.486. The number of carbonyl (C=O) groups is 2. The lowest BCUT2D eigenvalue weighted by molar-refractivity contribution is -0.138. The van der Waals surface area contributed by atoms with Crippen LogP contribution in [0.5, 0.6) is 0 Å². The molecule has 0 saturated heterocycles. The molecular formula is C22H18F6N2O3. The summed E-state index contributed by atoms with van der Waals surface area (Å²) in [4.78, 5) is 21.6. The van der Waals surface area contributed by atoms with Crippen LogP contribution in [0.2, 0.25) is 0 Å². The van der Waals surface area contributed by atoms with Gasteiger partial charge in [-0.05, 0) is 50.2 Å². The van der Waals surface area contributed by atoms with Crippen molar-refractivity contribution in [1.29, 1.82) is 0 Å². The van der Waals surface area contributed by atoms with Gasteiger partial charge in [0, 0.05) is 17.0 Å². The van der Waals surface area contributed by atoms with Gasteiger partial charge in [-0.2, -0.15) is 26.3 Å². The van der Waals surface area contributed by atoms with Crippen LogP contribution in [0.25, 0.3) is 5.69 Å². The molecule has 0 spiro atoms. The average Bonchev–Trinajstić information content (AvgIpc) is 3.01. The minimum atomic E-state index is -4.50. The van der Waals surface area contributed by atoms with Crippen LogP contribution in [-0.4, -0.2) is 21.6 Å². The van der Waals surface area contributed by atoms with Crippen LogP contribution in [0.4, 0.5) is 26.3 Å². The maximum absolute atomic E-state index is 13.0. The molecule has 0 saturated carbocycles. The minimum absolute atomic E-state index is 0.000484. The number of primary amides is 1. The largest absolute Gasteiger partial charge is 0.478 e. The summed E-state index contributed by atoms with van der Waals surface area (Å²) in [6.07, 6.45) is -8.94. The van der Waals surface area contributed by atoms with Gasteiger partial charge in [0.15, 0.2) is 0 Å². The summed E-state index contributed by atoms with van der Waals surface area (Å²) in [6, 6.07) is 10.5. The number of nitrogens with two attached hydrogens (primary N) is 1. The summed E-state index contributed by atoms with van der Waals surface area (Å²) < 4.78 is 76.6. The fraction of sp³-hybridized carbons (Fsp3) is 0.182. The first-order valence-corrected chi connectivity index (χ1v) is 9.20. The Morgan fingerprint density at radius 3 is 1.97 bits per heavy atom. The number of amides is 1. The second-order valence-corrected chi connectivity index (χ2v) is 6.88. The van der Waals surface area contributed by atoms with Gasteiger partial charge in [-0.15, -0.1) is 0 Å². The number of aromatic nitrogens is 1. The molecule has 0 bridgehead atoms. The molecule has 3 aromatic rings. The van der Waals surface area contributed by atoms with Crippen LogP contribution in [0.15, 0.2) is 54.6 Å². The molecule has 11 heteroatoms. The van der Waals surface area contributed by atoms with E-state index in [1.807, 2.05) is 0 Å². The third kappa shape index (κ3) is 5.93. The first-order valence-electron chi connectivity index (χ1n) is 9.20. The molecule has 0 fully saturated rings. The van der Waals surface area contributed by atoms with Crippen LogP contribution < -0.4 is 5.73 Å². The molecule has 0 aliphatic heterocycles. The van der Waals surface area contributed by atoms with Gasteiger partial charge in [0.25, 0.3) is 0 Å². The molecule has 2 aromatic carbocycles. The number of halogens is 6. The maximum Gasteiger partial charge on any atom is 0.418 e. The van der Waals surface area contributed by atoms with Crippen LogP contribution in [0.1, 0.15) is 43.2 Å². The number of carboxylic acid groups (broad SMARTS) is 1. The van der Waals surface area contributed by atoms with E-state index in [1.165, 1.54) is 41.8 Å². The van der Waals surface area contributed by atoms with Gasteiger partial charge in [0.2, 0.25) is 5.91 Å². The fourth-order valence-electron chi connectivity index (χ4n) is 3.11. The van der Waals surface area contributed by atoms with E-state index in [2.05, 4.69) is 0 Å². The maximum atomic E-state index is 13.0. The van der Waals surface area contributed by atoms with Crippen LogP contribution in [-0.2, 0) is 12.4 Å². The highest BCUT2D eigenvalue weighted by molar-refractivity contribution is 5.93. The van der Waals surface area contributed by atoms with Gasteiger partial charge in [-0.25, -0.2) is 4.79 Å². The lowest BCUT2D eigenvalue weighted by Gasteiger charge is -2.16. The number of hydrogen-bond donors (Lipinski definition) is 2. The molecule has 1 heterocycles. The number of aryl methyl sites for hydroxylation is 1. The Labute approximate surface area is 184 Å². The highest BCUT2D eigenvalue weighted by atomic mass is 19.4. The van der Waals surface area contributed by atoms with Gasteiger partial charge < -0.3 is 15.4 Å². The van der Waals surface area contributed by atoms with Gasteiger partial charge in [0.05, 0.1) is 22.4 Å². The van der Waals surface area contributed by atoms with E-state index in [-0.39, 0.29) is 22.5 Å². The third-order valence-corrected chi connectivity index (χ3v) is 4.59. The summed E-state index contributed by atoms with van der Waals surface area (Å²) in [5.41, 5.74) is 3.66. The topological polar surface area (TPSA) is 85.3 Å². The van der Waals surface area contributed by atoms with Crippen molar-refractivity contribution < 1.29 is 41.0 Å². The SMILES string of the molecule is Cc1cc(C(=O)O)c(C)n1-c1ccccc1C(F)(F)F.NC(=O)c1cccc(C(F)(F)F)c1. The number of benzene rings is 2. The summed E-state index contributed by atoms with van der Waals surface area (Å²) in [5, 5.41) is 9.04. The molecule has 0 aliphatic carbocycles. The zero-order chi connectivity index (χ0) is 25.1. The van der Waals surface area contributed by atoms with Gasteiger partial charge >= 0.3 is 18.3 Å². The smallest absolute Gasteiger partial charge is 0.418 e. The predicted molar refractivity (Wildman–Crippen MR) is 107 cm³/mol. The third-order valence-electron chi connectivity index (χ3n) is 4.59. The van der Waals surface area contributed by atoms with Crippen molar-refractivity contribution in [1.82, 2.24) is 4.57 Å². The van der Waals surface area contributed by atoms with Crippen molar-refractivity contribution in [2.45, 2.75) is 26.2 Å². The number of carbonyl (C=O) groups excluding carboxylic acids is 1. The van der Waals surface area contributed by atoms with Crippen LogP contribution in [0.3, 0.4) is 0 Å². The number of nitrogens with zero attached hydrogens (tertiary/aromatic N) is 1. The summed E-state index contributed by atoms with van der Waals surface area (Å²) in [7, 11) is 0. The molecule has 176 valence electrons. The number of para-hydroxylation sites is 1. The predicted octanol–water partition coefficient (Wildman–Crippen LogP) is 5.62. The van der Waals surface area contributed by atoms with Crippen molar-refractivity contribution in [2.75, 3.05) is 0 Å². The Morgan fingerprint density at radius 2 is 1.48 bits per heavy atom. The Balaban J connectivity index is 0.000000257. The monoisotopic (exact) mass is 472 g/mol. The standard InChI is InChI=1S/C14H12F3NO2.C8H6F3NO/c1-8-7-10(13(19)20)9(2)18(8)12-6-4-3-5-11(12)14(15,16)17;9-8(10,11)6-3-1-2-5(4-6)7(12)13/h3-7H,1-2H3,(H,19,20);1-4H,(H2,12,13). The summed E-state index contributed by atoms with van der Waals surface area (Å²) in [5.74, 6) is -2.03. The first kappa shape index (κ1) is 25.5. The number of alkyl halides is 6. The molecule has 5 nitrogen and oxygen atoms in total. The second-order valence-electron chi connectivity index (χ2n) is 6.88. The van der Waals surface area contributed by atoms with E-state index in [0.29, 0.717) is 5.69 Å². The number of carboxylic acids is 1. The lowest BCUT2D eigenvalue weighted by atomic mass is 10.1. The molecule has 1 amide bonds. The Kier molecular flexibility index (Phi) is 7.26. The molecule has 1 aromatic heterocycles. The second kappa shape index (κ2) is 9.39. The molecule has 0 radical (unpaired) electrons. The van der Waals surface area contributed by atoms with E-state index in [4.69, 9.17) is 10.8 Å². The number of hydrogen-bond acceptors (Lipinski definition) is 2. The molecule has 3 N–H and O–H groups in total. The Bertz CT molecular complexity index is 1180. The zero-order valence-electron chi connectivity index (χ0n) is 17.3. The highest BCUT2D eigenvalue weighted by Crippen LogP contribution is 2.35. The van der Waals surface area contributed by atoms with Crippen LogP contribution in [0, 0.1) is 13.8 Å². The van der Waals surface area contributed by atoms with Crippen molar-refractivity contribution >= 4 is 11.9 Å². The molecule has 0 unspecified atom stereocenters. The van der Waals surface area contributed by atoms with Crippen molar-refractivity contribution in [3.63, 3.8) is 0 Å². The normalized spacial score (nSPS) is 11.5. The highest BCUT2D eigenvalue weighted by Gasteiger charge is 2.34. The molecule has 3 rings (SSSR count). The van der Waals surface area contributed by atoms with E-state index in [0.717, 1.165) is 24.3 Å². The number of aromatic carboxylic acids is 1. The lowest BCUT2D eigenvalue weighted by Crippen LogP contribution is -2.13. The molecule has 0 aliphatic rings. The zero-order valence-corrected chi connectivity index (χ0v) is 17.3. The van der Waals surface area contributed by atoms with E-state index < -0.39 is 35.4 Å². The van der Waals surface area contributed by atoms with Crippen LogP contribution >= 0.6 is 0 Å². The van der Waals surface area contributed by atoms with Gasteiger partial charge in [-0.1, -0.05) is 18.2 Å². The van der Waals surface area contributed by atoms with Gasteiger partial charge in [0.1, 0.15) is 0 Å². The van der Waals surface area contributed by atoms with E-state index in [1.54, 1.807) is 6.92 Å². The molecular weight excluding hydrogens is 454 g/mol. The Hall–Kier alpha value is -3.76. The minimum Gasteiger partial charge on any atom is -0.478 e.